The van der Waals surface area contributed by atoms with Gasteiger partial charge in [-0.05, 0) is 12.1 Å². The van der Waals surface area contributed by atoms with Gasteiger partial charge in [-0.15, -0.1) is 11.8 Å². The van der Waals surface area contributed by atoms with Crippen LogP contribution in [-0.4, -0.2) is 30.7 Å². The number of benzene rings is 1. The molecule has 5 heteroatoms. The Morgan fingerprint density at radius 2 is 1.87 bits per heavy atom. The highest BCUT2D eigenvalue weighted by molar-refractivity contribution is 7.99. The van der Waals surface area contributed by atoms with Crippen LogP contribution in [0.3, 0.4) is 0 Å². The van der Waals surface area contributed by atoms with Crippen LogP contribution in [0.1, 0.15) is 0 Å². The third-order valence-electron chi connectivity index (χ3n) is 1.63. The molecule has 0 atom stereocenters. The van der Waals surface area contributed by atoms with Crippen molar-refractivity contribution in [3.05, 3.63) is 28.2 Å². The molecule has 1 rings (SSSR count). The maximum absolute atomic E-state index is 8.50. The molecule has 0 radical (unpaired) electrons. The zero-order chi connectivity index (χ0) is 11.1. The van der Waals surface area contributed by atoms with Gasteiger partial charge in [-0.3, -0.25) is 0 Å². The molecule has 0 spiro atoms. The van der Waals surface area contributed by atoms with E-state index in [0.717, 1.165) is 10.6 Å². The van der Waals surface area contributed by atoms with Gasteiger partial charge in [-0.2, -0.15) is 0 Å². The zero-order valence-electron chi connectivity index (χ0n) is 8.08. The van der Waals surface area contributed by atoms with E-state index in [1.165, 1.54) is 0 Å². The molecule has 0 aliphatic rings. The van der Waals surface area contributed by atoms with E-state index in [1.807, 2.05) is 18.2 Å². The largest absolute Gasteiger partial charge is 0.394 e. The average Bonchev–Trinajstić information content (AvgIpc) is 2.21. The van der Waals surface area contributed by atoms with Crippen LogP contribution in [0.4, 0.5) is 0 Å². The normalized spacial score (nSPS) is 10.6. The second-order valence-electron chi connectivity index (χ2n) is 2.74. The maximum atomic E-state index is 8.50. The van der Waals surface area contributed by atoms with Gasteiger partial charge < -0.3 is 9.84 Å². The Bertz CT molecular complexity index is 287. The Hall–Kier alpha value is 0.0700. The van der Waals surface area contributed by atoms with Gasteiger partial charge in [0.25, 0.3) is 0 Å². The lowest BCUT2D eigenvalue weighted by Gasteiger charge is -2.06. The summed E-state index contributed by atoms with van der Waals surface area (Å²) in [6.07, 6.45) is 0. The summed E-state index contributed by atoms with van der Waals surface area (Å²) in [5.74, 6) is 0.767. The summed E-state index contributed by atoms with van der Waals surface area (Å²) in [6.45, 7) is 1.00. The summed E-state index contributed by atoms with van der Waals surface area (Å²) >= 11 is 13.5. The fourth-order valence-corrected chi connectivity index (χ4v) is 2.53. The minimum absolute atomic E-state index is 0.0531. The number of thioether (sulfide) groups is 1. The number of halogens is 2. The van der Waals surface area contributed by atoms with E-state index in [4.69, 9.17) is 33.0 Å². The van der Waals surface area contributed by atoms with Crippen molar-refractivity contribution >= 4 is 35.0 Å². The molecular weight excluding hydrogens is 255 g/mol. The summed E-state index contributed by atoms with van der Waals surface area (Å²) < 4.78 is 5.13. The molecule has 0 saturated carbocycles. The molecule has 1 N–H and O–H groups in total. The van der Waals surface area contributed by atoms with E-state index in [1.54, 1.807) is 11.8 Å². The fraction of sp³-hybridized carbons (Fsp3) is 0.400. The van der Waals surface area contributed by atoms with E-state index in [0.29, 0.717) is 23.3 Å². The Kier molecular flexibility index (Phi) is 6.45. The van der Waals surface area contributed by atoms with E-state index >= 15 is 0 Å². The molecule has 0 unspecified atom stereocenters. The Balaban J connectivity index is 2.37. The lowest BCUT2D eigenvalue weighted by Crippen LogP contribution is -2.02. The smallest absolute Gasteiger partial charge is 0.0698 e. The van der Waals surface area contributed by atoms with Crippen molar-refractivity contribution < 1.29 is 9.84 Å². The standard InChI is InChI=1S/C10H12Cl2O2S/c11-8-2-1-3-9(12)10(8)15-7-6-14-5-4-13/h1-3,13H,4-7H2. The van der Waals surface area contributed by atoms with Crippen LogP contribution in [0, 0.1) is 0 Å². The van der Waals surface area contributed by atoms with E-state index in [9.17, 15) is 0 Å². The first-order valence-corrected chi connectivity index (χ1v) is 6.25. The maximum Gasteiger partial charge on any atom is 0.0698 e. The van der Waals surface area contributed by atoms with Gasteiger partial charge in [0.15, 0.2) is 0 Å². The fourth-order valence-electron chi connectivity index (χ4n) is 0.990. The topological polar surface area (TPSA) is 29.5 Å². The quantitative estimate of drug-likeness (QED) is 0.634. The lowest BCUT2D eigenvalue weighted by molar-refractivity contribution is 0.103. The Morgan fingerprint density at radius 1 is 1.20 bits per heavy atom. The van der Waals surface area contributed by atoms with Crippen molar-refractivity contribution in [3.8, 4) is 0 Å². The lowest BCUT2D eigenvalue weighted by atomic mass is 10.4. The molecule has 0 bridgehead atoms. The molecule has 84 valence electrons. The van der Waals surface area contributed by atoms with E-state index < -0.39 is 0 Å². The Morgan fingerprint density at radius 3 is 2.47 bits per heavy atom. The molecule has 0 aliphatic heterocycles. The molecule has 0 aromatic heterocycles. The molecule has 0 heterocycles. The van der Waals surface area contributed by atoms with Crippen LogP contribution in [0.25, 0.3) is 0 Å². The highest BCUT2D eigenvalue weighted by Gasteiger charge is 2.05. The molecule has 0 aliphatic carbocycles. The first-order valence-electron chi connectivity index (χ1n) is 4.51. The molecular formula is C10H12Cl2O2S. The van der Waals surface area contributed by atoms with Crippen molar-refractivity contribution in [1.82, 2.24) is 0 Å². The van der Waals surface area contributed by atoms with Gasteiger partial charge in [0, 0.05) is 10.6 Å². The van der Waals surface area contributed by atoms with Gasteiger partial charge in [-0.25, -0.2) is 0 Å². The van der Waals surface area contributed by atoms with Crippen LogP contribution in [0.5, 0.6) is 0 Å². The Labute approximate surface area is 104 Å². The van der Waals surface area contributed by atoms with Gasteiger partial charge in [0.05, 0.1) is 29.9 Å². The van der Waals surface area contributed by atoms with Crippen LogP contribution in [0.15, 0.2) is 23.1 Å². The summed E-state index contributed by atoms with van der Waals surface area (Å²) in [4.78, 5) is 0.883. The van der Waals surface area contributed by atoms with Gasteiger partial charge in [0.1, 0.15) is 0 Å². The third-order valence-corrected chi connectivity index (χ3v) is 3.58. The van der Waals surface area contributed by atoms with Gasteiger partial charge >= 0.3 is 0 Å². The number of hydrogen-bond donors (Lipinski definition) is 1. The van der Waals surface area contributed by atoms with Crippen LogP contribution >= 0.6 is 35.0 Å². The second-order valence-corrected chi connectivity index (χ2v) is 4.65. The zero-order valence-corrected chi connectivity index (χ0v) is 10.4. The number of hydrogen-bond acceptors (Lipinski definition) is 3. The molecule has 1 aromatic rings. The summed E-state index contributed by atoms with van der Waals surface area (Å²) in [5, 5.41) is 9.82. The number of rotatable bonds is 6. The molecule has 2 nitrogen and oxygen atoms in total. The summed E-state index contributed by atoms with van der Waals surface area (Å²) in [6, 6.07) is 5.44. The van der Waals surface area contributed by atoms with Crippen molar-refractivity contribution in [2.75, 3.05) is 25.6 Å². The van der Waals surface area contributed by atoms with Crippen LogP contribution < -0.4 is 0 Å². The van der Waals surface area contributed by atoms with Gasteiger partial charge in [0.2, 0.25) is 0 Å². The van der Waals surface area contributed by atoms with Gasteiger partial charge in [-0.1, -0.05) is 29.3 Å². The third kappa shape index (κ3) is 4.62. The predicted molar refractivity (Wildman–Crippen MR) is 65.1 cm³/mol. The van der Waals surface area contributed by atoms with E-state index in [-0.39, 0.29) is 6.61 Å². The minimum Gasteiger partial charge on any atom is -0.394 e. The molecule has 1 aromatic carbocycles. The molecule has 0 amide bonds. The minimum atomic E-state index is 0.0531. The number of ether oxygens (including phenoxy) is 1. The van der Waals surface area contributed by atoms with Crippen LogP contribution in [-0.2, 0) is 4.74 Å². The summed E-state index contributed by atoms with van der Waals surface area (Å²) in [5.41, 5.74) is 0. The summed E-state index contributed by atoms with van der Waals surface area (Å²) in [7, 11) is 0. The number of aliphatic hydroxyl groups excluding tert-OH is 1. The van der Waals surface area contributed by atoms with Crippen molar-refractivity contribution in [2.24, 2.45) is 0 Å². The van der Waals surface area contributed by atoms with Crippen molar-refractivity contribution in [2.45, 2.75) is 4.90 Å². The molecule has 15 heavy (non-hydrogen) atoms. The average molecular weight is 267 g/mol. The predicted octanol–water partition coefficient (Wildman–Crippen LogP) is 3.09. The number of aliphatic hydroxyl groups is 1. The first-order chi connectivity index (χ1) is 7.25. The first kappa shape index (κ1) is 13.1. The van der Waals surface area contributed by atoms with Crippen molar-refractivity contribution in [1.29, 1.82) is 0 Å². The van der Waals surface area contributed by atoms with Crippen molar-refractivity contribution in [3.63, 3.8) is 0 Å². The van der Waals surface area contributed by atoms with E-state index in [2.05, 4.69) is 0 Å². The second kappa shape index (κ2) is 7.36. The molecule has 0 saturated heterocycles. The van der Waals surface area contributed by atoms with Crippen LogP contribution in [0.2, 0.25) is 10.0 Å². The monoisotopic (exact) mass is 266 g/mol. The SMILES string of the molecule is OCCOCCSc1c(Cl)cccc1Cl. The highest BCUT2D eigenvalue weighted by Crippen LogP contribution is 2.33. The molecule has 0 fully saturated rings. The highest BCUT2D eigenvalue weighted by atomic mass is 35.5.